The number of hydrogen-bond donors (Lipinski definition) is 0. The summed E-state index contributed by atoms with van der Waals surface area (Å²) in [6, 6.07) is -7.08. The third kappa shape index (κ3) is 25.6. The van der Waals surface area contributed by atoms with Crippen LogP contribution in [-0.2, 0) is 67.1 Å². The molecule has 12 heterocycles. The molecule has 6 fully saturated rings. The van der Waals surface area contributed by atoms with E-state index in [4.69, 9.17) is 162 Å². The molecule has 6 aromatic carbocycles. The molecule has 0 radical (unpaired) electrons. The van der Waals surface area contributed by atoms with Crippen LogP contribution in [-0.4, -0.2) is 227 Å². The van der Waals surface area contributed by atoms with E-state index in [1.807, 2.05) is 0 Å². The van der Waals surface area contributed by atoms with Gasteiger partial charge in [-0.2, -0.15) is 0 Å². The van der Waals surface area contributed by atoms with E-state index in [2.05, 4.69) is 18.7 Å². The average Bonchev–Trinajstić information content (AvgIpc) is 0.645. The minimum absolute atomic E-state index is 0.00233. The zero-order valence-electron chi connectivity index (χ0n) is 159. The summed E-state index contributed by atoms with van der Waals surface area (Å²) in [6.45, 7) is -25.0. The molecule has 0 N–H and O–H groups in total. The summed E-state index contributed by atoms with van der Waals surface area (Å²) in [7, 11) is -10.9. The Bertz CT molecular complexity index is 9100. The van der Waals surface area contributed by atoms with Crippen molar-refractivity contribution in [3.63, 3.8) is 0 Å². The van der Waals surface area contributed by atoms with Crippen molar-refractivity contribution in [1.29, 1.82) is 0 Å². The zero-order chi connectivity index (χ0) is 171. The number of piperidine rings is 6. The molecule has 12 aliphatic heterocycles. The predicted molar refractivity (Wildman–Crippen MR) is 555 cm³/mol. The highest BCUT2D eigenvalue weighted by molar-refractivity contribution is 5.86. The maximum atomic E-state index is 13.9. The second-order valence-corrected chi connectivity index (χ2v) is 34.6. The number of benzene rings is 6. The largest absolute Gasteiger partial charge is 0.493 e. The average molecular weight is 2030 g/mol. The van der Waals surface area contributed by atoms with Gasteiger partial charge in [0.05, 0.1) is 121 Å². The van der Waals surface area contributed by atoms with Gasteiger partial charge in [-0.15, -0.1) is 0 Å². The first kappa shape index (κ1) is 45.4. The van der Waals surface area contributed by atoms with Crippen molar-refractivity contribution in [3.8, 4) is 69.0 Å². The molecule has 0 saturated carbocycles. The number of methoxy groups -OCH3 is 12. The second kappa shape index (κ2) is 50.0. The molecule has 15 unspecified atom stereocenters. The molecule has 12 aliphatic rings. The van der Waals surface area contributed by atoms with Crippen LogP contribution in [0.15, 0.2) is 72.7 Å². The standard InChI is InChI=1S/3C20H29NO3.3C19H27NO3/c3*1-5-13(2)8-15-12-21-7-6-14-9-19(23-3)20(24-4)10-16(14)17(21)11-18(15)22;3*1-12(2)7-14-11-20-6-5-13-8-18(22-3)19(23-4)9-15(13)16(20)10-17(14)21/h3*9-10,13,15,17H,5-8,11-12H2,1-4H3;3*8-9,12,14,16H,5-7,10-11H2,1-4H3/i2D3,3D3,5D2,6D2,7D2,8D2,11D2,12D2,13D,17D;2D3,3D3,5D2,6D2,7D2,8D2,12D2,13D,17D;2D3,3D3,5D2,8D2,9D,10D,13D;3D3,5D2,6D2,10D2,11D2,14D,16D;3D3,5D2,6D2,11D2,16D;3D3,8D,9D. The summed E-state index contributed by atoms with van der Waals surface area (Å²) < 4.78 is 711. The van der Waals surface area contributed by atoms with Crippen LogP contribution in [0.5, 0.6) is 69.0 Å². The molecule has 0 amide bonds. The van der Waals surface area contributed by atoms with E-state index in [0.717, 1.165) is 71.1 Å². The van der Waals surface area contributed by atoms with Crippen LogP contribution in [0.1, 0.15) is 390 Å². The molecule has 0 spiro atoms. The number of nitrogens with zero attached hydrogens (tertiary/aromatic N) is 6. The van der Waals surface area contributed by atoms with Gasteiger partial charge < -0.3 is 56.8 Å². The fraction of sp³-hybridized carbons (Fsp3) is 0.641. The van der Waals surface area contributed by atoms with Crippen LogP contribution in [0, 0.1) is 70.9 Å². The topological polar surface area (TPSA) is 233 Å². The van der Waals surface area contributed by atoms with Gasteiger partial charge in [0, 0.05) is 261 Å². The Morgan fingerprint density at radius 1 is 0.340 bits per heavy atom. The maximum Gasteiger partial charge on any atom is 0.161 e. The van der Waals surface area contributed by atoms with Crippen molar-refractivity contribution in [1.82, 2.24) is 29.4 Å². The van der Waals surface area contributed by atoms with Crippen molar-refractivity contribution in [3.05, 3.63) is 139 Å². The highest BCUT2D eigenvalue weighted by atomic mass is 16.5. The van der Waals surface area contributed by atoms with Crippen LogP contribution >= 0.6 is 0 Å². The number of ketones is 6. The third-order valence-electron chi connectivity index (χ3n) is 24.2. The van der Waals surface area contributed by atoms with Crippen LogP contribution in [0.3, 0.4) is 0 Å². The number of rotatable bonds is 27. The molecule has 24 nitrogen and oxygen atoms in total. The van der Waals surface area contributed by atoms with Gasteiger partial charge in [-0.25, -0.2) is 0 Å². The Morgan fingerprint density at radius 3 is 1.02 bits per heavy atom. The van der Waals surface area contributed by atoms with Gasteiger partial charge in [0.25, 0.3) is 0 Å². The molecule has 24 heteroatoms. The molecule has 141 heavy (non-hydrogen) atoms. The summed E-state index contributed by atoms with van der Waals surface area (Å²) in [5.74, 6) is -34.3. The molecule has 0 bridgehead atoms. The molecule has 18 rings (SSSR count). The Balaban J connectivity index is 0.000000211. The lowest BCUT2D eigenvalue weighted by Crippen LogP contribution is -2.46. The zero-order valence-corrected chi connectivity index (χ0v) is 80.1. The van der Waals surface area contributed by atoms with Crippen LogP contribution < -0.4 is 56.8 Å². The number of carbonyl (C=O) groups excluding carboxylic acids is 6. The Morgan fingerprint density at radius 2 is 0.645 bits per heavy atom. The molecule has 6 aromatic rings. The van der Waals surface area contributed by atoms with Gasteiger partial charge in [0.1, 0.15) is 34.7 Å². The lowest BCUT2D eigenvalue weighted by atomic mass is 9.79. The molecular formula is C117H168N6O18. The normalized spacial score (nSPS) is 42.6. The van der Waals surface area contributed by atoms with E-state index >= 15 is 0 Å². The van der Waals surface area contributed by atoms with Crippen molar-refractivity contribution in [2.75, 3.05) is 163 Å². The van der Waals surface area contributed by atoms with Crippen LogP contribution in [0.2, 0.25) is 0 Å². The molecule has 0 aromatic heterocycles. The number of Topliss-reactive ketones (excluding diaryl/α,β-unsaturated/α-hetero) is 6. The number of hydrogen-bond acceptors (Lipinski definition) is 24. The first-order valence-corrected chi connectivity index (χ1v) is 44.8. The maximum absolute atomic E-state index is 13.9. The van der Waals surface area contributed by atoms with Crippen molar-refractivity contribution in [2.45, 2.75) is 253 Å². The second-order valence-electron chi connectivity index (χ2n) is 34.6. The van der Waals surface area contributed by atoms with Gasteiger partial charge in [-0.05, 0) is 252 Å². The van der Waals surface area contributed by atoms with Crippen molar-refractivity contribution in [2.24, 2.45) is 70.9 Å². The number of fused-ring (bicyclic) bond motifs is 18. The molecular weight excluding hydrogens is 1780 g/mol. The van der Waals surface area contributed by atoms with Crippen molar-refractivity contribution < 1.29 is 194 Å². The van der Waals surface area contributed by atoms with Gasteiger partial charge in [0.15, 0.2) is 69.0 Å². The van der Waals surface area contributed by atoms with Crippen LogP contribution in [0.4, 0.5) is 0 Å². The van der Waals surface area contributed by atoms with E-state index in [1.165, 1.54) is 21.3 Å². The lowest BCUT2D eigenvalue weighted by Gasteiger charge is -2.43. The quantitative estimate of drug-likeness (QED) is 0.0466. The Labute approximate surface area is 953 Å². The highest BCUT2D eigenvalue weighted by Gasteiger charge is 2.47. The molecule has 774 valence electrons. The Kier molecular flexibility index (Phi) is 16.1. The summed E-state index contributed by atoms with van der Waals surface area (Å²) in [5, 5.41) is 0. The highest BCUT2D eigenvalue weighted by Crippen LogP contribution is 2.51. The lowest BCUT2D eigenvalue weighted by molar-refractivity contribution is -0.130. The van der Waals surface area contributed by atoms with E-state index in [0.29, 0.717) is 79.4 Å². The van der Waals surface area contributed by atoms with Crippen LogP contribution in [0.25, 0.3) is 0 Å². The minimum Gasteiger partial charge on any atom is -0.493 e. The fourth-order valence-corrected chi connectivity index (χ4v) is 17.3. The fourth-order valence-electron chi connectivity index (χ4n) is 17.3. The predicted octanol–water partition coefficient (Wildman–Crippen LogP) is 20.6. The molecule has 6 saturated heterocycles. The van der Waals surface area contributed by atoms with Gasteiger partial charge >= 0.3 is 0 Å². The smallest absolute Gasteiger partial charge is 0.161 e. The first-order chi connectivity index (χ1) is 97.9. The Hall–Kier alpha value is -9.30. The van der Waals surface area contributed by atoms with E-state index in [1.54, 1.807) is 32.6 Å². The molecule has 15 atom stereocenters. The number of carbonyl (C=O) groups is 6. The van der Waals surface area contributed by atoms with Gasteiger partial charge in [-0.1, -0.05) is 102 Å². The van der Waals surface area contributed by atoms with E-state index < -0.39 is 401 Å². The van der Waals surface area contributed by atoms with Gasteiger partial charge in [-0.3, -0.25) is 58.2 Å². The first-order valence-electron chi connectivity index (χ1n) is 84.3. The summed E-state index contributed by atoms with van der Waals surface area (Å²) in [5.41, 5.74) is -3.36. The number of aryl methyl sites for hydroxylation is 4. The monoisotopic (exact) mass is 2020 g/mol. The number of ether oxygens (including phenoxy) is 12. The minimum atomic E-state index is -4.16. The third-order valence-corrected chi connectivity index (χ3v) is 24.2. The summed E-state index contributed by atoms with van der Waals surface area (Å²) >= 11 is 0. The summed E-state index contributed by atoms with van der Waals surface area (Å²) in [6.07, 6.45) is -41.6. The summed E-state index contributed by atoms with van der Waals surface area (Å²) in [4.78, 5) is 84.1. The van der Waals surface area contributed by atoms with Crippen molar-refractivity contribution >= 4 is 34.7 Å². The van der Waals surface area contributed by atoms with E-state index in [9.17, 15) is 31.5 Å². The SMILES string of the molecule is [2H]C([2H])([2H])Oc1cc2c(cc1OC)C1([2H])CC(=O)C(C([2H])([2H])C([2H])(C([2H])([2H])[2H])C([2H])([2H])C)C([2H])([2H])N1C([2H])([2H])C2([2H])[2H].[2H]C([2H])([2H])Oc1cc2c(cc1OC)C1([2H])CC(=O)C(CC(C)C)C([2H])([2H])N1C([2H])([2H])C2([2H])[2H].[2H]C([2H])([2H])Oc1cc2c(cc1OC)C1([2H])N(C([2H])([2H])C(C([2H])([2H])C([2H])(C([2H])([2H])[2H])C([2H])([2H])C)C(=O)C1([2H])[2H])C([2H])([2H])C2([2H])[2H].[2H]C([2H])([2H])Oc1cc2c(cc1OC)C1([2H])N(C([2H])([2H])C([2H])(CC(C)C)C(=O)C1([2H])[2H])C([2H])([2H])C2([2H])[2H].[2H]c1c2c(c([2H])c(OC)c1OC([2H])([2H])[2H])C1CC(=O)C(C([2H])([2H])C([2H])(C([2H])([2H])[2H])C([2H])([2H])C)CN1CC2.[2H]c1c2c(c([2H])c(OC)c1OC([2H])([2H])[2H])C1CC(=O)C(CC(C)C)CN1CC2. The molecule has 0 aliphatic carbocycles. The van der Waals surface area contributed by atoms with E-state index in [-0.39, 0.29) is 136 Å². The van der Waals surface area contributed by atoms with Gasteiger partial charge in [0.2, 0.25) is 0 Å².